The Bertz CT molecular complexity index is 378. The highest BCUT2D eigenvalue weighted by atomic mass is 79.9. The van der Waals surface area contributed by atoms with Crippen molar-refractivity contribution in [1.29, 1.82) is 0 Å². The van der Waals surface area contributed by atoms with Crippen LogP contribution >= 0.6 is 15.9 Å². The normalized spacial score (nSPS) is 16.8. The molecule has 2 rings (SSSR count). The highest BCUT2D eigenvalue weighted by Gasteiger charge is 2.23. The molecule has 0 radical (unpaired) electrons. The molecular weight excluding hydrogens is 296 g/mol. The summed E-state index contributed by atoms with van der Waals surface area (Å²) in [6.07, 6.45) is 5.42. The van der Waals surface area contributed by atoms with Gasteiger partial charge < -0.3 is 9.64 Å². The standard InChI is InChI=1S/C13H17BrN2O2/c14-5-9-18-12-3-7-16(8-4-12)13(17)11-2-1-6-15-10-11/h1-2,6,10,12H,3-5,7-9H2. The van der Waals surface area contributed by atoms with E-state index in [0.717, 1.165) is 37.9 Å². The Balaban J connectivity index is 1.84. The molecule has 0 spiro atoms. The van der Waals surface area contributed by atoms with E-state index in [2.05, 4.69) is 20.9 Å². The van der Waals surface area contributed by atoms with Gasteiger partial charge in [0.2, 0.25) is 0 Å². The van der Waals surface area contributed by atoms with Crippen LogP contribution in [0.5, 0.6) is 0 Å². The molecule has 0 saturated carbocycles. The lowest BCUT2D eigenvalue weighted by atomic mass is 10.1. The van der Waals surface area contributed by atoms with Crippen LogP contribution in [0.3, 0.4) is 0 Å². The van der Waals surface area contributed by atoms with Crippen molar-refractivity contribution >= 4 is 21.8 Å². The molecule has 2 heterocycles. The van der Waals surface area contributed by atoms with Crippen molar-refractivity contribution in [2.24, 2.45) is 0 Å². The summed E-state index contributed by atoms with van der Waals surface area (Å²) in [7, 11) is 0. The average molecular weight is 313 g/mol. The fourth-order valence-corrected chi connectivity index (χ4v) is 2.30. The maximum Gasteiger partial charge on any atom is 0.255 e. The first kappa shape index (κ1) is 13.5. The third-order valence-corrected chi connectivity index (χ3v) is 3.39. The van der Waals surface area contributed by atoms with Crippen LogP contribution in [0.2, 0.25) is 0 Å². The Kier molecular flexibility index (Phi) is 5.13. The zero-order valence-corrected chi connectivity index (χ0v) is 11.8. The molecule has 0 N–H and O–H groups in total. The third-order valence-electron chi connectivity index (χ3n) is 3.07. The van der Waals surface area contributed by atoms with Crippen LogP contribution in [0.15, 0.2) is 24.5 Å². The minimum atomic E-state index is 0.0713. The third kappa shape index (κ3) is 3.53. The second-order valence-corrected chi connectivity index (χ2v) is 5.09. The number of aromatic nitrogens is 1. The van der Waals surface area contributed by atoms with Gasteiger partial charge in [0, 0.05) is 30.8 Å². The smallest absolute Gasteiger partial charge is 0.255 e. The van der Waals surface area contributed by atoms with E-state index in [-0.39, 0.29) is 5.91 Å². The largest absolute Gasteiger partial charge is 0.377 e. The fourth-order valence-electron chi connectivity index (χ4n) is 2.11. The van der Waals surface area contributed by atoms with Crippen LogP contribution in [-0.4, -0.2) is 46.9 Å². The molecule has 1 saturated heterocycles. The van der Waals surface area contributed by atoms with Gasteiger partial charge in [0.05, 0.1) is 18.3 Å². The van der Waals surface area contributed by atoms with Gasteiger partial charge in [-0.15, -0.1) is 0 Å². The fraction of sp³-hybridized carbons (Fsp3) is 0.538. The van der Waals surface area contributed by atoms with E-state index in [0.29, 0.717) is 11.7 Å². The summed E-state index contributed by atoms with van der Waals surface area (Å²) in [4.78, 5) is 18.0. The summed E-state index contributed by atoms with van der Waals surface area (Å²) in [5, 5.41) is 0.863. The maximum atomic E-state index is 12.2. The number of nitrogens with zero attached hydrogens (tertiary/aromatic N) is 2. The average Bonchev–Trinajstić information content (AvgIpc) is 2.46. The molecule has 1 aromatic rings. The minimum Gasteiger partial charge on any atom is -0.377 e. The molecule has 4 nitrogen and oxygen atoms in total. The number of hydrogen-bond donors (Lipinski definition) is 0. The van der Waals surface area contributed by atoms with Gasteiger partial charge in [0.1, 0.15) is 0 Å². The molecule has 1 aliphatic rings. The quantitative estimate of drug-likeness (QED) is 0.800. The lowest BCUT2D eigenvalue weighted by molar-refractivity contribution is 0.0160. The molecule has 0 aliphatic carbocycles. The number of carbonyl (C=O) groups excluding carboxylic acids is 1. The summed E-state index contributed by atoms with van der Waals surface area (Å²) in [5.74, 6) is 0.0713. The van der Waals surface area contributed by atoms with Gasteiger partial charge in [-0.25, -0.2) is 0 Å². The Morgan fingerprint density at radius 2 is 2.28 bits per heavy atom. The van der Waals surface area contributed by atoms with Crippen LogP contribution < -0.4 is 0 Å². The van der Waals surface area contributed by atoms with E-state index in [1.807, 2.05) is 11.0 Å². The molecule has 1 fully saturated rings. The first-order valence-electron chi connectivity index (χ1n) is 6.18. The van der Waals surface area contributed by atoms with Gasteiger partial charge in [0.15, 0.2) is 0 Å². The molecule has 18 heavy (non-hydrogen) atoms. The first-order valence-corrected chi connectivity index (χ1v) is 7.30. The number of halogens is 1. The number of likely N-dealkylation sites (tertiary alicyclic amines) is 1. The van der Waals surface area contributed by atoms with Gasteiger partial charge in [-0.05, 0) is 25.0 Å². The highest BCUT2D eigenvalue weighted by Crippen LogP contribution is 2.16. The van der Waals surface area contributed by atoms with Crippen molar-refractivity contribution in [2.75, 3.05) is 25.0 Å². The van der Waals surface area contributed by atoms with Gasteiger partial charge >= 0.3 is 0 Å². The second kappa shape index (κ2) is 6.85. The molecule has 1 amide bonds. The second-order valence-electron chi connectivity index (χ2n) is 4.29. The van der Waals surface area contributed by atoms with E-state index in [4.69, 9.17) is 4.74 Å². The Morgan fingerprint density at radius 3 is 2.89 bits per heavy atom. The number of pyridine rings is 1. The van der Waals surface area contributed by atoms with Crippen LogP contribution in [0.25, 0.3) is 0 Å². The molecule has 5 heteroatoms. The molecule has 1 aliphatic heterocycles. The number of rotatable bonds is 4. The van der Waals surface area contributed by atoms with Crippen molar-refractivity contribution in [1.82, 2.24) is 9.88 Å². The molecule has 0 atom stereocenters. The van der Waals surface area contributed by atoms with Crippen LogP contribution in [-0.2, 0) is 4.74 Å². The summed E-state index contributed by atoms with van der Waals surface area (Å²) in [6.45, 7) is 2.27. The number of carbonyl (C=O) groups is 1. The number of alkyl halides is 1. The number of piperidine rings is 1. The van der Waals surface area contributed by atoms with Gasteiger partial charge in [-0.3, -0.25) is 9.78 Å². The van der Waals surface area contributed by atoms with E-state index in [9.17, 15) is 4.79 Å². The van der Waals surface area contributed by atoms with Gasteiger partial charge in [-0.1, -0.05) is 15.9 Å². The topological polar surface area (TPSA) is 42.4 Å². The molecule has 0 unspecified atom stereocenters. The van der Waals surface area contributed by atoms with Crippen LogP contribution in [0.4, 0.5) is 0 Å². The summed E-state index contributed by atoms with van der Waals surface area (Å²) < 4.78 is 5.67. The van der Waals surface area contributed by atoms with Crippen LogP contribution in [0.1, 0.15) is 23.2 Å². The van der Waals surface area contributed by atoms with Crippen molar-refractivity contribution in [2.45, 2.75) is 18.9 Å². The lowest BCUT2D eigenvalue weighted by Crippen LogP contribution is -2.41. The van der Waals surface area contributed by atoms with Crippen molar-refractivity contribution < 1.29 is 9.53 Å². The Labute approximate surface area is 115 Å². The monoisotopic (exact) mass is 312 g/mol. The Morgan fingerprint density at radius 1 is 1.50 bits per heavy atom. The molecular formula is C13H17BrN2O2. The molecule has 0 aromatic carbocycles. The minimum absolute atomic E-state index is 0.0713. The Hall–Kier alpha value is -0.940. The maximum absolute atomic E-state index is 12.2. The lowest BCUT2D eigenvalue weighted by Gasteiger charge is -2.31. The molecule has 0 bridgehead atoms. The predicted octanol–water partition coefficient (Wildman–Crippen LogP) is 2.10. The van der Waals surface area contributed by atoms with E-state index >= 15 is 0 Å². The van der Waals surface area contributed by atoms with Gasteiger partial charge in [0.25, 0.3) is 5.91 Å². The SMILES string of the molecule is O=C(c1cccnc1)N1CCC(OCCBr)CC1. The number of amides is 1. The zero-order chi connectivity index (χ0) is 12.8. The molecule has 98 valence electrons. The summed E-state index contributed by atoms with van der Waals surface area (Å²) in [6, 6.07) is 3.60. The highest BCUT2D eigenvalue weighted by molar-refractivity contribution is 9.09. The summed E-state index contributed by atoms with van der Waals surface area (Å²) in [5.41, 5.74) is 0.664. The molecule has 1 aromatic heterocycles. The van der Waals surface area contributed by atoms with Crippen molar-refractivity contribution in [3.05, 3.63) is 30.1 Å². The first-order chi connectivity index (χ1) is 8.81. The van der Waals surface area contributed by atoms with Crippen LogP contribution in [0, 0.1) is 0 Å². The van der Waals surface area contributed by atoms with E-state index in [1.165, 1.54) is 0 Å². The predicted molar refractivity (Wildman–Crippen MR) is 72.9 cm³/mol. The van der Waals surface area contributed by atoms with Crippen molar-refractivity contribution in [3.8, 4) is 0 Å². The van der Waals surface area contributed by atoms with E-state index in [1.54, 1.807) is 18.5 Å². The number of hydrogen-bond acceptors (Lipinski definition) is 3. The van der Waals surface area contributed by atoms with Crippen molar-refractivity contribution in [3.63, 3.8) is 0 Å². The summed E-state index contributed by atoms with van der Waals surface area (Å²) >= 11 is 3.35. The van der Waals surface area contributed by atoms with E-state index < -0.39 is 0 Å². The zero-order valence-electron chi connectivity index (χ0n) is 10.2. The van der Waals surface area contributed by atoms with Gasteiger partial charge in [-0.2, -0.15) is 0 Å². The number of ether oxygens (including phenoxy) is 1.